The fraction of sp³-hybridized carbons (Fsp3) is 0.235. The molecule has 0 saturated carbocycles. The maximum Gasteiger partial charge on any atom is 0.174 e. The summed E-state index contributed by atoms with van der Waals surface area (Å²) in [7, 11) is 0. The van der Waals surface area contributed by atoms with E-state index in [0.29, 0.717) is 6.54 Å². The maximum absolute atomic E-state index is 8.62. The number of hydrogen-bond acceptors (Lipinski definition) is 3. The molecule has 108 valence electrons. The van der Waals surface area contributed by atoms with Crippen molar-refractivity contribution in [3.05, 3.63) is 64.1 Å². The van der Waals surface area contributed by atoms with Crippen LogP contribution in [0.5, 0.6) is 5.75 Å². The number of nitriles is 1. The zero-order valence-electron chi connectivity index (χ0n) is 11.8. The van der Waals surface area contributed by atoms with Crippen LogP contribution < -0.4 is 10.1 Å². The largest absolute Gasteiger partial charge is 0.478 e. The number of nitrogens with zero attached hydrogens (tertiary/aromatic N) is 1. The van der Waals surface area contributed by atoms with Crippen molar-refractivity contribution in [3.63, 3.8) is 0 Å². The van der Waals surface area contributed by atoms with Crippen molar-refractivity contribution in [1.29, 1.82) is 5.26 Å². The molecule has 3 nitrogen and oxygen atoms in total. The maximum atomic E-state index is 8.62. The highest BCUT2D eigenvalue weighted by Crippen LogP contribution is 2.21. The van der Waals surface area contributed by atoms with Crippen LogP contribution in [0.1, 0.15) is 24.1 Å². The lowest BCUT2D eigenvalue weighted by atomic mass is 10.1. The summed E-state index contributed by atoms with van der Waals surface area (Å²) in [5, 5.41) is 12.1. The Morgan fingerprint density at radius 2 is 2.05 bits per heavy atom. The average molecular weight is 345 g/mol. The summed E-state index contributed by atoms with van der Waals surface area (Å²) in [5.74, 6) is 0.757. The van der Waals surface area contributed by atoms with Crippen LogP contribution in [0, 0.1) is 11.3 Å². The van der Waals surface area contributed by atoms with Gasteiger partial charge >= 0.3 is 0 Å². The SMILES string of the molecule is CC(NCc1ccccc1OCC#N)c1cccc(Br)c1. The number of ether oxygens (including phenoxy) is 1. The molecule has 4 heteroatoms. The van der Waals surface area contributed by atoms with Gasteiger partial charge in [0.15, 0.2) is 6.61 Å². The van der Waals surface area contributed by atoms with Gasteiger partial charge in [0.1, 0.15) is 11.8 Å². The van der Waals surface area contributed by atoms with Gasteiger partial charge in [0, 0.05) is 22.6 Å². The molecular formula is C17H17BrN2O. The molecule has 2 rings (SSSR count). The van der Waals surface area contributed by atoms with Crippen molar-refractivity contribution in [2.24, 2.45) is 0 Å². The quantitative estimate of drug-likeness (QED) is 0.853. The van der Waals surface area contributed by atoms with Crippen LogP contribution in [-0.4, -0.2) is 6.61 Å². The van der Waals surface area contributed by atoms with E-state index in [1.165, 1.54) is 5.56 Å². The number of halogens is 1. The Hall–Kier alpha value is -1.83. The Bertz CT molecular complexity index is 637. The third kappa shape index (κ3) is 4.59. The molecule has 0 aliphatic rings. The summed E-state index contributed by atoms with van der Waals surface area (Å²) < 4.78 is 6.51. The van der Waals surface area contributed by atoms with Gasteiger partial charge in [0.2, 0.25) is 0 Å². The third-order valence-electron chi connectivity index (χ3n) is 3.21. The van der Waals surface area contributed by atoms with Gasteiger partial charge in [0.05, 0.1) is 0 Å². The van der Waals surface area contributed by atoms with Crippen molar-refractivity contribution in [2.45, 2.75) is 19.5 Å². The smallest absolute Gasteiger partial charge is 0.174 e. The van der Waals surface area contributed by atoms with Crippen LogP contribution in [0.15, 0.2) is 53.0 Å². The average Bonchev–Trinajstić information content (AvgIpc) is 2.51. The van der Waals surface area contributed by atoms with Crippen LogP contribution in [0.25, 0.3) is 0 Å². The van der Waals surface area contributed by atoms with Gasteiger partial charge in [-0.1, -0.05) is 46.3 Å². The van der Waals surface area contributed by atoms with Gasteiger partial charge in [-0.25, -0.2) is 0 Å². The van der Waals surface area contributed by atoms with Gasteiger partial charge in [-0.2, -0.15) is 5.26 Å². The first-order valence-corrected chi connectivity index (χ1v) is 7.56. The fourth-order valence-electron chi connectivity index (χ4n) is 2.06. The molecule has 1 N–H and O–H groups in total. The zero-order chi connectivity index (χ0) is 15.1. The van der Waals surface area contributed by atoms with E-state index in [0.717, 1.165) is 15.8 Å². The van der Waals surface area contributed by atoms with Gasteiger partial charge in [-0.05, 0) is 30.7 Å². The standard InChI is InChI=1S/C17H17BrN2O/c1-13(14-6-4-7-16(18)11-14)20-12-15-5-2-3-8-17(15)21-10-9-19/h2-8,11,13,20H,10,12H2,1H3. The van der Waals surface area contributed by atoms with E-state index in [-0.39, 0.29) is 12.6 Å². The number of nitrogens with one attached hydrogen (secondary N) is 1. The molecule has 0 aliphatic carbocycles. The molecular weight excluding hydrogens is 328 g/mol. The van der Waals surface area contributed by atoms with E-state index in [9.17, 15) is 0 Å². The van der Waals surface area contributed by atoms with Gasteiger partial charge in [-0.15, -0.1) is 0 Å². The first-order chi connectivity index (χ1) is 10.2. The number of benzene rings is 2. The lowest BCUT2D eigenvalue weighted by Crippen LogP contribution is -2.18. The van der Waals surface area contributed by atoms with E-state index in [1.807, 2.05) is 42.5 Å². The molecule has 0 spiro atoms. The van der Waals surface area contributed by atoms with Crippen LogP contribution in [-0.2, 0) is 6.54 Å². The van der Waals surface area contributed by atoms with Crippen molar-refractivity contribution in [2.75, 3.05) is 6.61 Å². The summed E-state index contributed by atoms with van der Waals surface area (Å²) in [6.45, 7) is 2.88. The molecule has 1 unspecified atom stereocenters. The number of para-hydroxylation sites is 1. The minimum Gasteiger partial charge on any atom is -0.478 e. The molecule has 0 bridgehead atoms. The van der Waals surface area contributed by atoms with E-state index in [1.54, 1.807) is 0 Å². The predicted molar refractivity (Wildman–Crippen MR) is 86.9 cm³/mol. The normalized spacial score (nSPS) is 11.7. The molecule has 0 radical (unpaired) electrons. The lowest BCUT2D eigenvalue weighted by molar-refractivity contribution is 0.361. The molecule has 0 aliphatic heterocycles. The van der Waals surface area contributed by atoms with Crippen LogP contribution in [0.4, 0.5) is 0 Å². The second-order valence-electron chi connectivity index (χ2n) is 4.71. The topological polar surface area (TPSA) is 45.0 Å². The van der Waals surface area contributed by atoms with E-state index in [2.05, 4.69) is 40.3 Å². The second kappa shape index (κ2) is 7.82. The summed E-state index contributed by atoms with van der Waals surface area (Å²) in [6, 6.07) is 18.2. The minimum atomic E-state index is 0.0677. The van der Waals surface area contributed by atoms with Crippen molar-refractivity contribution < 1.29 is 4.74 Å². The Labute approximate surface area is 133 Å². The van der Waals surface area contributed by atoms with E-state index < -0.39 is 0 Å². The van der Waals surface area contributed by atoms with Crippen LogP contribution >= 0.6 is 15.9 Å². The number of rotatable bonds is 6. The molecule has 21 heavy (non-hydrogen) atoms. The summed E-state index contributed by atoms with van der Waals surface area (Å²) in [5.41, 5.74) is 2.27. The van der Waals surface area contributed by atoms with Crippen LogP contribution in [0.3, 0.4) is 0 Å². The van der Waals surface area contributed by atoms with E-state index >= 15 is 0 Å². The van der Waals surface area contributed by atoms with Crippen molar-refractivity contribution in [1.82, 2.24) is 5.32 Å². The molecule has 0 amide bonds. The summed E-state index contributed by atoms with van der Waals surface area (Å²) in [6.07, 6.45) is 0. The highest BCUT2D eigenvalue weighted by atomic mass is 79.9. The Kier molecular flexibility index (Phi) is 5.79. The van der Waals surface area contributed by atoms with Crippen molar-refractivity contribution >= 4 is 15.9 Å². The first-order valence-electron chi connectivity index (χ1n) is 6.77. The molecule has 1 atom stereocenters. The molecule has 0 heterocycles. The second-order valence-corrected chi connectivity index (χ2v) is 5.63. The Morgan fingerprint density at radius 3 is 2.81 bits per heavy atom. The lowest BCUT2D eigenvalue weighted by Gasteiger charge is -2.16. The third-order valence-corrected chi connectivity index (χ3v) is 3.71. The minimum absolute atomic E-state index is 0.0677. The zero-order valence-corrected chi connectivity index (χ0v) is 13.4. The molecule has 2 aromatic carbocycles. The van der Waals surface area contributed by atoms with Crippen LogP contribution in [0.2, 0.25) is 0 Å². The summed E-state index contributed by atoms with van der Waals surface area (Å²) in [4.78, 5) is 0. The van der Waals surface area contributed by atoms with Gasteiger partial charge in [-0.3, -0.25) is 0 Å². The summed E-state index contributed by atoms with van der Waals surface area (Å²) >= 11 is 3.49. The Morgan fingerprint density at radius 1 is 1.24 bits per heavy atom. The molecule has 0 aromatic heterocycles. The van der Waals surface area contributed by atoms with Gasteiger partial charge in [0.25, 0.3) is 0 Å². The molecule has 0 fully saturated rings. The highest BCUT2D eigenvalue weighted by Gasteiger charge is 2.08. The fourth-order valence-corrected chi connectivity index (χ4v) is 2.47. The van der Waals surface area contributed by atoms with Gasteiger partial charge < -0.3 is 10.1 Å². The molecule has 0 saturated heterocycles. The monoisotopic (exact) mass is 344 g/mol. The first kappa shape index (κ1) is 15.6. The Balaban J connectivity index is 2.01. The predicted octanol–water partition coefficient (Wildman–Crippen LogP) is 4.20. The van der Waals surface area contributed by atoms with Crippen molar-refractivity contribution in [3.8, 4) is 11.8 Å². The van der Waals surface area contributed by atoms with E-state index in [4.69, 9.17) is 10.00 Å². The highest BCUT2D eigenvalue weighted by molar-refractivity contribution is 9.10. The number of hydrogen-bond donors (Lipinski definition) is 1. The molecule has 2 aromatic rings.